The minimum atomic E-state index is -0.981. The predicted octanol–water partition coefficient (Wildman–Crippen LogP) is 6.06. The molecule has 0 fully saturated rings. The molecule has 2 aromatic heterocycles. The van der Waals surface area contributed by atoms with Gasteiger partial charge in [0, 0.05) is 12.4 Å². The third-order valence-electron chi connectivity index (χ3n) is 6.30. The van der Waals surface area contributed by atoms with Gasteiger partial charge in [0.1, 0.15) is 17.2 Å². The van der Waals surface area contributed by atoms with Crippen molar-refractivity contribution in [2.75, 3.05) is 0 Å². The highest BCUT2D eigenvalue weighted by atomic mass is 19.1. The Morgan fingerprint density at radius 3 is 1.82 bits per heavy atom. The van der Waals surface area contributed by atoms with Gasteiger partial charge in [-0.15, -0.1) is 0 Å². The number of aromatic nitrogens is 3. The van der Waals surface area contributed by atoms with Crippen LogP contribution in [-0.4, -0.2) is 14.1 Å². The summed E-state index contributed by atoms with van der Waals surface area (Å²) in [5.41, 5.74) is 2.44. The second-order valence-corrected chi connectivity index (χ2v) is 8.27. The van der Waals surface area contributed by atoms with E-state index in [0.717, 1.165) is 28.6 Å². The summed E-state index contributed by atoms with van der Waals surface area (Å²) in [7, 11) is 0. The van der Waals surface area contributed by atoms with E-state index in [1.165, 1.54) is 24.3 Å². The average molecular weight is 456 g/mol. The lowest BCUT2D eigenvalue weighted by atomic mass is 9.78. The molecule has 0 aliphatic rings. The molecule has 3 aromatic carbocycles. The molecule has 34 heavy (non-hydrogen) atoms. The molecule has 0 atom stereocenters. The third-order valence-corrected chi connectivity index (χ3v) is 6.30. The zero-order valence-corrected chi connectivity index (χ0v) is 18.7. The summed E-state index contributed by atoms with van der Waals surface area (Å²) < 4.78 is 31.3. The molecule has 4 nitrogen and oxygen atoms in total. The number of halogens is 2. The number of rotatable bonds is 6. The molecular weight excluding hydrogens is 432 g/mol. The molecule has 0 aliphatic carbocycles. The van der Waals surface area contributed by atoms with Gasteiger partial charge in [0.15, 0.2) is 0 Å². The number of pyridine rings is 1. The first-order chi connectivity index (χ1) is 16.6. The number of hydrogen-bond donors (Lipinski definition) is 0. The van der Waals surface area contributed by atoms with Crippen molar-refractivity contribution in [3.8, 4) is 5.69 Å². The van der Waals surface area contributed by atoms with E-state index in [1.54, 1.807) is 57.9 Å². The molecule has 0 amide bonds. The first-order valence-electron chi connectivity index (χ1n) is 11.2. The standard InChI is InChI=1S/C28H23F2N3O/c1-2-17-28(20-7-11-22(29)12-8-20,21-9-13-23(30)14-10-21)33-26-6-4-3-5-25(26)32(27(33)34)24-15-18-31-19-16-24/h3-16,18-19H,2,17H2,1H3. The fraction of sp³-hybridized carbons (Fsp3) is 0.143. The van der Waals surface area contributed by atoms with Crippen LogP contribution in [0, 0.1) is 11.6 Å². The normalized spacial score (nSPS) is 11.7. The Morgan fingerprint density at radius 2 is 1.29 bits per heavy atom. The minimum absolute atomic E-state index is 0.241. The zero-order valence-electron chi connectivity index (χ0n) is 18.7. The smallest absolute Gasteiger partial charge is 0.277 e. The molecule has 6 heteroatoms. The molecule has 5 aromatic rings. The summed E-state index contributed by atoms with van der Waals surface area (Å²) in [5.74, 6) is -0.723. The second-order valence-electron chi connectivity index (χ2n) is 8.27. The summed E-state index contributed by atoms with van der Waals surface area (Å²) in [5, 5.41) is 0. The van der Waals surface area contributed by atoms with Gasteiger partial charge in [-0.25, -0.2) is 13.6 Å². The van der Waals surface area contributed by atoms with Crippen LogP contribution < -0.4 is 5.69 Å². The molecule has 0 spiro atoms. The largest absolute Gasteiger partial charge is 0.334 e. The third kappa shape index (κ3) is 3.43. The van der Waals surface area contributed by atoms with Crippen molar-refractivity contribution in [1.82, 2.24) is 14.1 Å². The average Bonchev–Trinajstić information content (AvgIpc) is 3.16. The van der Waals surface area contributed by atoms with Gasteiger partial charge in [-0.1, -0.05) is 49.7 Å². The van der Waals surface area contributed by atoms with E-state index >= 15 is 0 Å². The summed E-state index contributed by atoms with van der Waals surface area (Å²) in [6, 6.07) is 23.6. The quantitative estimate of drug-likeness (QED) is 0.312. The van der Waals surface area contributed by atoms with E-state index < -0.39 is 5.54 Å². The molecular formula is C28H23F2N3O. The monoisotopic (exact) mass is 455 g/mol. The second kappa shape index (κ2) is 8.71. The first kappa shape index (κ1) is 21.8. The van der Waals surface area contributed by atoms with Crippen molar-refractivity contribution in [3.05, 3.63) is 131 Å². The highest BCUT2D eigenvalue weighted by Crippen LogP contribution is 2.40. The van der Waals surface area contributed by atoms with Crippen molar-refractivity contribution in [2.45, 2.75) is 25.3 Å². The Kier molecular flexibility index (Phi) is 5.57. The van der Waals surface area contributed by atoms with Crippen LogP contribution in [0.2, 0.25) is 0 Å². The Balaban J connectivity index is 1.94. The molecule has 0 unspecified atom stereocenters. The molecule has 0 radical (unpaired) electrons. The lowest BCUT2D eigenvalue weighted by Crippen LogP contribution is -2.43. The molecule has 0 N–H and O–H groups in total. The number of fused-ring (bicyclic) bond motifs is 1. The Bertz CT molecular complexity index is 1440. The topological polar surface area (TPSA) is 39.8 Å². The number of para-hydroxylation sites is 2. The number of benzene rings is 3. The van der Waals surface area contributed by atoms with Crippen LogP contribution in [0.5, 0.6) is 0 Å². The Hall–Kier alpha value is -4.06. The van der Waals surface area contributed by atoms with Crippen LogP contribution in [0.1, 0.15) is 30.9 Å². The molecule has 2 heterocycles. The lowest BCUT2D eigenvalue weighted by Gasteiger charge is -2.36. The fourth-order valence-corrected chi connectivity index (χ4v) is 4.90. The van der Waals surface area contributed by atoms with Crippen LogP contribution >= 0.6 is 0 Å². The fourth-order valence-electron chi connectivity index (χ4n) is 4.90. The maximum absolute atomic E-state index is 14.2. The summed E-state index contributed by atoms with van der Waals surface area (Å²) in [6.45, 7) is 2.04. The maximum Gasteiger partial charge on any atom is 0.334 e. The van der Waals surface area contributed by atoms with Gasteiger partial charge in [0.05, 0.1) is 16.7 Å². The highest BCUT2D eigenvalue weighted by Gasteiger charge is 2.39. The van der Waals surface area contributed by atoms with Crippen LogP contribution in [0.25, 0.3) is 16.7 Å². The predicted molar refractivity (Wildman–Crippen MR) is 129 cm³/mol. The molecule has 0 bridgehead atoms. The van der Waals surface area contributed by atoms with E-state index in [-0.39, 0.29) is 17.3 Å². The SMILES string of the molecule is CCCC(c1ccc(F)cc1)(c1ccc(F)cc1)n1c(=O)n(-c2ccncc2)c2ccccc21. The lowest BCUT2D eigenvalue weighted by molar-refractivity contribution is 0.390. The number of nitrogens with zero attached hydrogens (tertiary/aromatic N) is 3. The molecule has 5 rings (SSSR count). The molecule has 170 valence electrons. The van der Waals surface area contributed by atoms with E-state index in [1.807, 2.05) is 31.2 Å². The van der Waals surface area contributed by atoms with Crippen molar-refractivity contribution in [1.29, 1.82) is 0 Å². The maximum atomic E-state index is 14.2. The van der Waals surface area contributed by atoms with E-state index in [9.17, 15) is 13.6 Å². The van der Waals surface area contributed by atoms with Crippen molar-refractivity contribution < 1.29 is 8.78 Å². The van der Waals surface area contributed by atoms with Crippen molar-refractivity contribution in [3.63, 3.8) is 0 Å². The number of imidazole rings is 1. The van der Waals surface area contributed by atoms with E-state index in [0.29, 0.717) is 12.1 Å². The highest BCUT2D eigenvalue weighted by molar-refractivity contribution is 5.79. The van der Waals surface area contributed by atoms with E-state index in [2.05, 4.69) is 4.98 Å². The van der Waals surface area contributed by atoms with Gasteiger partial charge >= 0.3 is 5.69 Å². The summed E-state index contributed by atoms with van der Waals surface area (Å²) in [4.78, 5) is 18.3. The van der Waals surface area contributed by atoms with Gasteiger partial charge < -0.3 is 0 Å². The Morgan fingerprint density at radius 1 is 0.765 bits per heavy atom. The van der Waals surface area contributed by atoms with Gasteiger partial charge in [0.25, 0.3) is 0 Å². The van der Waals surface area contributed by atoms with Crippen molar-refractivity contribution in [2.24, 2.45) is 0 Å². The molecule has 0 saturated carbocycles. The van der Waals surface area contributed by atoms with Gasteiger partial charge in [-0.3, -0.25) is 14.1 Å². The van der Waals surface area contributed by atoms with E-state index in [4.69, 9.17) is 0 Å². The van der Waals surface area contributed by atoms with Crippen LogP contribution in [0.15, 0.2) is 102 Å². The summed E-state index contributed by atoms with van der Waals surface area (Å²) >= 11 is 0. The molecule has 0 saturated heterocycles. The first-order valence-corrected chi connectivity index (χ1v) is 11.2. The Labute approximate surface area is 195 Å². The minimum Gasteiger partial charge on any atom is -0.277 e. The van der Waals surface area contributed by atoms with Gasteiger partial charge in [0.2, 0.25) is 0 Å². The van der Waals surface area contributed by atoms with Crippen LogP contribution in [0.3, 0.4) is 0 Å². The molecule has 0 aliphatic heterocycles. The van der Waals surface area contributed by atoms with Crippen LogP contribution in [0.4, 0.5) is 8.78 Å². The zero-order chi connectivity index (χ0) is 23.7. The number of hydrogen-bond acceptors (Lipinski definition) is 2. The van der Waals surface area contributed by atoms with Crippen LogP contribution in [-0.2, 0) is 5.54 Å². The van der Waals surface area contributed by atoms with Crippen molar-refractivity contribution >= 4 is 11.0 Å². The van der Waals surface area contributed by atoms with Gasteiger partial charge in [-0.05, 0) is 66.1 Å². The summed E-state index contributed by atoms with van der Waals surface area (Å²) in [6.07, 6.45) is 4.57. The van der Waals surface area contributed by atoms with Gasteiger partial charge in [-0.2, -0.15) is 0 Å².